The lowest BCUT2D eigenvalue weighted by atomic mass is 9.99. The van der Waals surface area contributed by atoms with Crippen molar-refractivity contribution in [2.45, 2.75) is 31.5 Å². The predicted molar refractivity (Wildman–Crippen MR) is 72.6 cm³/mol. The first kappa shape index (κ1) is 13.3. The Labute approximate surface area is 112 Å². The topological polar surface area (TPSA) is 38.5 Å². The molecule has 2 N–H and O–H groups in total. The minimum absolute atomic E-state index is 0.367. The lowest BCUT2D eigenvalue weighted by molar-refractivity contribution is 0.0106. The van der Waals surface area contributed by atoms with E-state index in [1.165, 1.54) is 4.88 Å². The molecule has 0 amide bonds. The molecule has 1 aromatic heterocycles. The third-order valence-corrected chi connectivity index (χ3v) is 4.60. The molecule has 2 atom stereocenters. The summed E-state index contributed by atoms with van der Waals surface area (Å²) in [6, 6.07) is 4.48. The molecule has 2 heterocycles. The first-order valence-electron chi connectivity index (χ1n) is 5.94. The van der Waals surface area contributed by atoms with Gasteiger partial charge >= 0.3 is 0 Å². The Hall–Kier alpha value is -0.130. The Balaban J connectivity index is 1.95. The standard InChI is InChI=1S/C12H19ClN2OS/c1-16-10-4-5-15(9(6-10)7-14)8-11-2-3-12(13)17-11/h2-3,9-10H,4-8,14H2,1H3. The highest BCUT2D eigenvalue weighted by Crippen LogP contribution is 2.26. The summed E-state index contributed by atoms with van der Waals surface area (Å²) in [6.07, 6.45) is 2.49. The molecule has 5 heteroatoms. The maximum absolute atomic E-state index is 5.95. The minimum atomic E-state index is 0.367. The number of methoxy groups -OCH3 is 1. The van der Waals surface area contributed by atoms with Crippen LogP contribution >= 0.6 is 22.9 Å². The zero-order chi connectivity index (χ0) is 12.3. The lowest BCUT2D eigenvalue weighted by Gasteiger charge is -2.38. The Morgan fingerprint density at radius 1 is 1.59 bits per heavy atom. The molecule has 1 aliphatic heterocycles. The van der Waals surface area contributed by atoms with E-state index < -0.39 is 0 Å². The van der Waals surface area contributed by atoms with E-state index in [9.17, 15) is 0 Å². The maximum Gasteiger partial charge on any atom is 0.0931 e. The molecule has 1 aromatic rings. The van der Waals surface area contributed by atoms with E-state index in [1.54, 1.807) is 18.4 Å². The van der Waals surface area contributed by atoms with E-state index in [1.807, 2.05) is 6.07 Å². The average molecular weight is 275 g/mol. The van der Waals surface area contributed by atoms with Gasteiger partial charge in [0.05, 0.1) is 10.4 Å². The molecule has 96 valence electrons. The molecule has 0 bridgehead atoms. The van der Waals surface area contributed by atoms with Crippen molar-refractivity contribution >= 4 is 22.9 Å². The number of hydrogen-bond acceptors (Lipinski definition) is 4. The number of thiophene rings is 1. The molecule has 0 aromatic carbocycles. The number of nitrogens with zero attached hydrogens (tertiary/aromatic N) is 1. The van der Waals surface area contributed by atoms with Crippen molar-refractivity contribution in [3.63, 3.8) is 0 Å². The van der Waals surface area contributed by atoms with E-state index >= 15 is 0 Å². The maximum atomic E-state index is 5.95. The Morgan fingerprint density at radius 2 is 2.41 bits per heavy atom. The molecule has 2 rings (SSSR count). The van der Waals surface area contributed by atoms with Gasteiger partial charge in [-0.3, -0.25) is 4.90 Å². The second kappa shape index (κ2) is 6.16. The quantitative estimate of drug-likeness (QED) is 0.916. The van der Waals surface area contributed by atoms with Crippen LogP contribution in [0.3, 0.4) is 0 Å². The summed E-state index contributed by atoms with van der Waals surface area (Å²) in [5.74, 6) is 0. The van der Waals surface area contributed by atoms with Crippen molar-refractivity contribution in [1.29, 1.82) is 0 Å². The summed E-state index contributed by atoms with van der Waals surface area (Å²) in [5.41, 5.74) is 5.85. The van der Waals surface area contributed by atoms with E-state index in [0.717, 1.165) is 30.3 Å². The molecule has 17 heavy (non-hydrogen) atoms. The number of hydrogen-bond donors (Lipinski definition) is 1. The fourth-order valence-electron chi connectivity index (χ4n) is 2.37. The third-order valence-electron chi connectivity index (χ3n) is 3.38. The number of rotatable bonds is 4. The second-order valence-corrected chi connectivity index (χ2v) is 6.25. The first-order valence-corrected chi connectivity index (χ1v) is 7.13. The van der Waals surface area contributed by atoms with Crippen LogP contribution in [0, 0.1) is 0 Å². The zero-order valence-electron chi connectivity index (χ0n) is 10.1. The van der Waals surface area contributed by atoms with Gasteiger partial charge in [-0.25, -0.2) is 0 Å². The van der Waals surface area contributed by atoms with E-state index in [2.05, 4.69) is 11.0 Å². The highest BCUT2D eigenvalue weighted by atomic mass is 35.5. The van der Waals surface area contributed by atoms with Gasteiger partial charge in [0.2, 0.25) is 0 Å². The first-order chi connectivity index (χ1) is 8.22. The van der Waals surface area contributed by atoms with Crippen LogP contribution in [0.15, 0.2) is 12.1 Å². The molecule has 0 radical (unpaired) electrons. The summed E-state index contributed by atoms with van der Waals surface area (Å²) >= 11 is 7.60. The van der Waals surface area contributed by atoms with E-state index in [-0.39, 0.29) is 0 Å². The van der Waals surface area contributed by atoms with Crippen LogP contribution in [0.2, 0.25) is 4.34 Å². The molecule has 3 nitrogen and oxygen atoms in total. The fraction of sp³-hybridized carbons (Fsp3) is 0.667. The summed E-state index contributed by atoms with van der Waals surface area (Å²) in [7, 11) is 1.78. The summed E-state index contributed by atoms with van der Waals surface area (Å²) in [5, 5.41) is 0. The molecule has 1 saturated heterocycles. The normalized spacial score (nSPS) is 26.3. The molecular formula is C12H19ClN2OS. The van der Waals surface area contributed by atoms with Crippen LogP contribution in [0.25, 0.3) is 0 Å². The van der Waals surface area contributed by atoms with E-state index in [0.29, 0.717) is 18.7 Å². The molecular weight excluding hydrogens is 256 g/mol. The fourth-order valence-corrected chi connectivity index (χ4v) is 3.48. The summed E-state index contributed by atoms with van der Waals surface area (Å²) in [4.78, 5) is 3.75. The zero-order valence-corrected chi connectivity index (χ0v) is 11.6. The number of ether oxygens (including phenoxy) is 1. The van der Waals surface area contributed by atoms with Gasteiger partial charge < -0.3 is 10.5 Å². The van der Waals surface area contributed by atoms with Gasteiger partial charge in [-0.1, -0.05) is 11.6 Å². The third kappa shape index (κ3) is 3.42. The molecule has 0 saturated carbocycles. The lowest BCUT2D eigenvalue weighted by Crippen LogP contribution is -2.47. The summed E-state index contributed by atoms with van der Waals surface area (Å²) < 4.78 is 6.28. The minimum Gasteiger partial charge on any atom is -0.381 e. The van der Waals surface area contributed by atoms with Crippen molar-refractivity contribution in [3.8, 4) is 0 Å². The second-order valence-electron chi connectivity index (χ2n) is 4.45. The van der Waals surface area contributed by atoms with Crippen LogP contribution in [-0.2, 0) is 11.3 Å². The van der Waals surface area contributed by atoms with Crippen molar-refractivity contribution in [1.82, 2.24) is 4.90 Å². The SMILES string of the molecule is COC1CCN(Cc2ccc(Cl)s2)C(CN)C1. The van der Waals surface area contributed by atoms with Gasteiger partial charge in [0.25, 0.3) is 0 Å². The molecule has 0 aliphatic carbocycles. The van der Waals surface area contributed by atoms with Gasteiger partial charge in [0.15, 0.2) is 0 Å². The van der Waals surface area contributed by atoms with Crippen LogP contribution in [0.1, 0.15) is 17.7 Å². The van der Waals surface area contributed by atoms with Crippen molar-refractivity contribution in [2.24, 2.45) is 5.73 Å². The highest BCUT2D eigenvalue weighted by Gasteiger charge is 2.27. The number of nitrogens with two attached hydrogens (primary N) is 1. The smallest absolute Gasteiger partial charge is 0.0931 e. The van der Waals surface area contributed by atoms with Gasteiger partial charge in [0, 0.05) is 37.7 Å². The number of likely N-dealkylation sites (tertiary alicyclic amines) is 1. The number of halogens is 1. The molecule has 0 spiro atoms. The van der Waals surface area contributed by atoms with Gasteiger partial charge in [-0.2, -0.15) is 0 Å². The molecule has 1 fully saturated rings. The Bertz CT molecular complexity index is 358. The van der Waals surface area contributed by atoms with E-state index in [4.69, 9.17) is 22.1 Å². The van der Waals surface area contributed by atoms with Crippen molar-refractivity contribution < 1.29 is 4.74 Å². The largest absolute Gasteiger partial charge is 0.381 e. The predicted octanol–water partition coefficient (Wildman–Crippen LogP) is 2.34. The molecule has 1 aliphatic rings. The van der Waals surface area contributed by atoms with Crippen LogP contribution in [0.5, 0.6) is 0 Å². The summed E-state index contributed by atoms with van der Waals surface area (Å²) in [6.45, 7) is 2.70. The number of piperidine rings is 1. The van der Waals surface area contributed by atoms with Gasteiger partial charge in [-0.15, -0.1) is 11.3 Å². The Morgan fingerprint density at radius 3 is 3.00 bits per heavy atom. The van der Waals surface area contributed by atoms with Crippen molar-refractivity contribution in [3.05, 3.63) is 21.3 Å². The van der Waals surface area contributed by atoms with Crippen LogP contribution in [-0.4, -0.2) is 37.2 Å². The Kier molecular flexibility index (Phi) is 4.82. The highest BCUT2D eigenvalue weighted by molar-refractivity contribution is 7.16. The molecule has 2 unspecified atom stereocenters. The van der Waals surface area contributed by atoms with Gasteiger partial charge in [-0.05, 0) is 25.0 Å². The average Bonchev–Trinajstić information content (AvgIpc) is 2.75. The van der Waals surface area contributed by atoms with Crippen LogP contribution < -0.4 is 5.73 Å². The van der Waals surface area contributed by atoms with Crippen LogP contribution in [0.4, 0.5) is 0 Å². The van der Waals surface area contributed by atoms with Gasteiger partial charge in [0.1, 0.15) is 0 Å². The monoisotopic (exact) mass is 274 g/mol. The van der Waals surface area contributed by atoms with Crippen molar-refractivity contribution in [2.75, 3.05) is 20.2 Å².